The number of likely N-dealkylation sites (tertiary alicyclic amines) is 1. The van der Waals surface area contributed by atoms with Gasteiger partial charge in [-0.25, -0.2) is 8.42 Å². The number of ether oxygens (including phenoxy) is 1. The predicted octanol–water partition coefficient (Wildman–Crippen LogP) is 1.04. The minimum absolute atomic E-state index is 0.0281. The Bertz CT molecular complexity index is 948. The SMILES string of the molecule is O=C1COc2cc(S(=O)(=O)N3CCCC3C(=O)NCCN3CCCC3)c(Cl)cc2N1. The molecular weight excluding hydrogens is 432 g/mol. The summed E-state index contributed by atoms with van der Waals surface area (Å²) in [6.45, 7) is 3.40. The number of benzene rings is 1. The van der Waals surface area contributed by atoms with Crippen LogP contribution in [0.3, 0.4) is 0 Å². The second-order valence-corrected chi connectivity index (χ2v) is 10.00. The smallest absolute Gasteiger partial charge is 0.262 e. The van der Waals surface area contributed by atoms with E-state index in [1.165, 1.54) is 29.3 Å². The third-order valence-corrected chi connectivity index (χ3v) is 8.06. The zero-order valence-electron chi connectivity index (χ0n) is 16.5. The molecule has 0 spiro atoms. The van der Waals surface area contributed by atoms with Crippen molar-refractivity contribution in [2.45, 2.75) is 36.6 Å². The number of nitrogens with zero attached hydrogens (tertiary/aromatic N) is 2. The number of hydrogen-bond donors (Lipinski definition) is 2. The van der Waals surface area contributed by atoms with Gasteiger partial charge in [-0.3, -0.25) is 9.59 Å². The predicted molar refractivity (Wildman–Crippen MR) is 111 cm³/mol. The van der Waals surface area contributed by atoms with Crippen molar-refractivity contribution >= 4 is 39.1 Å². The first-order valence-corrected chi connectivity index (χ1v) is 12.0. The Morgan fingerprint density at radius 2 is 2.00 bits per heavy atom. The zero-order valence-corrected chi connectivity index (χ0v) is 18.1. The summed E-state index contributed by atoms with van der Waals surface area (Å²) < 4.78 is 33.2. The number of fused-ring (bicyclic) bond motifs is 1. The molecule has 1 atom stereocenters. The third-order valence-electron chi connectivity index (χ3n) is 5.69. The molecule has 0 aromatic heterocycles. The van der Waals surface area contributed by atoms with E-state index in [9.17, 15) is 18.0 Å². The van der Waals surface area contributed by atoms with Crippen LogP contribution in [-0.2, 0) is 19.6 Å². The summed E-state index contributed by atoms with van der Waals surface area (Å²) in [6, 6.07) is 1.91. The van der Waals surface area contributed by atoms with Crippen molar-refractivity contribution in [2.75, 3.05) is 44.6 Å². The van der Waals surface area contributed by atoms with Crippen molar-refractivity contribution in [3.05, 3.63) is 17.2 Å². The van der Waals surface area contributed by atoms with E-state index >= 15 is 0 Å². The molecular formula is C19H25ClN4O5S. The number of hydrogen-bond acceptors (Lipinski definition) is 6. The maximum atomic E-state index is 13.3. The van der Waals surface area contributed by atoms with Crippen molar-refractivity contribution in [2.24, 2.45) is 0 Å². The Labute approximate surface area is 180 Å². The van der Waals surface area contributed by atoms with Crippen LogP contribution in [0.1, 0.15) is 25.7 Å². The average Bonchev–Trinajstić information content (AvgIpc) is 3.39. The number of sulfonamides is 1. The van der Waals surface area contributed by atoms with Crippen LogP contribution < -0.4 is 15.4 Å². The standard InChI is InChI=1S/C19H25ClN4O5S/c20-13-10-14-16(29-12-18(25)22-14)11-17(13)30(27,28)24-8-3-4-15(24)19(26)21-5-9-23-6-1-2-7-23/h10-11,15H,1-9,12H2,(H,21,26)(H,22,25). The van der Waals surface area contributed by atoms with Gasteiger partial charge in [0.25, 0.3) is 5.91 Å². The molecule has 4 rings (SSSR count). The van der Waals surface area contributed by atoms with Crippen LogP contribution >= 0.6 is 11.6 Å². The lowest BCUT2D eigenvalue weighted by molar-refractivity contribution is -0.124. The van der Waals surface area contributed by atoms with Crippen molar-refractivity contribution in [1.29, 1.82) is 0 Å². The van der Waals surface area contributed by atoms with Gasteiger partial charge in [0.1, 0.15) is 16.7 Å². The Kier molecular flexibility index (Phi) is 6.19. The van der Waals surface area contributed by atoms with Gasteiger partial charge in [-0.05, 0) is 44.8 Å². The molecule has 11 heteroatoms. The van der Waals surface area contributed by atoms with Crippen LogP contribution in [0.4, 0.5) is 5.69 Å². The van der Waals surface area contributed by atoms with E-state index in [-0.39, 0.29) is 40.6 Å². The highest BCUT2D eigenvalue weighted by atomic mass is 35.5. The monoisotopic (exact) mass is 456 g/mol. The quantitative estimate of drug-likeness (QED) is 0.662. The molecule has 0 bridgehead atoms. The van der Waals surface area contributed by atoms with Crippen LogP contribution in [0.15, 0.2) is 17.0 Å². The first-order valence-electron chi connectivity index (χ1n) is 10.1. The van der Waals surface area contributed by atoms with Crippen molar-refractivity contribution in [3.8, 4) is 5.75 Å². The Balaban J connectivity index is 1.48. The molecule has 3 aliphatic heterocycles. The van der Waals surface area contributed by atoms with Gasteiger partial charge in [-0.2, -0.15) is 4.31 Å². The summed E-state index contributed by atoms with van der Waals surface area (Å²) >= 11 is 6.24. The molecule has 0 aliphatic carbocycles. The molecule has 2 N–H and O–H groups in total. The lowest BCUT2D eigenvalue weighted by atomic mass is 10.2. The molecule has 1 unspecified atom stereocenters. The van der Waals surface area contributed by atoms with Crippen LogP contribution in [0.2, 0.25) is 5.02 Å². The van der Waals surface area contributed by atoms with Gasteiger partial charge in [0.2, 0.25) is 15.9 Å². The van der Waals surface area contributed by atoms with Gasteiger partial charge in [0.05, 0.1) is 10.7 Å². The summed E-state index contributed by atoms with van der Waals surface area (Å²) in [6.07, 6.45) is 3.41. The van der Waals surface area contributed by atoms with Crippen LogP contribution in [-0.4, -0.2) is 74.8 Å². The molecule has 2 fully saturated rings. The Morgan fingerprint density at radius 3 is 2.77 bits per heavy atom. The van der Waals surface area contributed by atoms with Crippen molar-refractivity contribution < 1.29 is 22.7 Å². The minimum atomic E-state index is -4.01. The van der Waals surface area contributed by atoms with Crippen molar-refractivity contribution in [1.82, 2.24) is 14.5 Å². The van der Waals surface area contributed by atoms with Crippen LogP contribution in [0, 0.1) is 0 Å². The topological polar surface area (TPSA) is 108 Å². The normalized spacial score (nSPS) is 22.4. The molecule has 0 saturated carbocycles. The zero-order chi connectivity index (χ0) is 21.3. The van der Waals surface area contributed by atoms with E-state index in [4.69, 9.17) is 16.3 Å². The number of carbonyl (C=O) groups excluding carboxylic acids is 2. The van der Waals surface area contributed by atoms with Gasteiger partial charge in [0, 0.05) is 25.7 Å². The number of amides is 2. The van der Waals surface area contributed by atoms with Gasteiger partial charge in [-0.15, -0.1) is 0 Å². The highest BCUT2D eigenvalue weighted by molar-refractivity contribution is 7.89. The minimum Gasteiger partial charge on any atom is -0.482 e. The molecule has 2 saturated heterocycles. The van der Waals surface area contributed by atoms with E-state index in [0.717, 1.165) is 19.6 Å². The number of rotatable bonds is 6. The first kappa shape index (κ1) is 21.4. The van der Waals surface area contributed by atoms with Crippen LogP contribution in [0.25, 0.3) is 0 Å². The van der Waals surface area contributed by atoms with E-state index in [0.29, 0.717) is 25.1 Å². The fourth-order valence-electron chi connectivity index (χ4n) is 4.16. The van der Waals surface area contributed by atoms with Gasteiger partial charge in [-0.1, -0.05) is 11.6 Å². The summed E-state index contributed by atoms with van der Waals surface area (Å²) in [4.78, 5) is 26.3. The summed E-state index contributed by atoms with van der Waals surface area (Å²) in [5, 5.41) is 5.45. The number of nitrogens with one attached hydrogen (secondary N) is 2. The van der Waals surface area contributed by atoms with E-state index < -0.39 is 16.1 Å². The maximum Gasteiger partial charge on any atom is 0.262 e. The molecule has 2 amide bonds. The molecule has 3 heterocycles. The summed E-state index contributed by atoms with van der Waals surface area (Å²) in [5.41, 5.74) is 0.327. The fourth-order valence-corrected chi connectivity index (χ4v) is 6.33. The fraction of sp³-hybridized carbons (Fsp3) is 0.579. The third kappa shape index (κ3) is 4.27. The molecule has 3 aliphatic rings. The second-order valence-electron chi connectivity index (χ2n) is 7.73. The molecule has 1 aromatic carbocycles. The summed E-state index contributed by atoms with van der Waals surface area (Å²) in [7, 11) is -4.01. The average molecular weight is 457 g/mol. The first-order chi connectivity index (χ1) is 14.4. The van der Waals surface area contributed by atoms with Gasteiger partial charge >= 0.3 is 0 Å². The van der Waals surface area contributed by atoms with Gasteiger partial charge in [0.15, 0.2) is 6.61 Å². The van der Waals surface area contributed by atoms with Crippen LogP contribution in [0.5, 0.6) is 5.75 Å². The number of carbonyl (C=O) groups is 2. The second kappa shape index (κ2) is 8.70. The largest absolute Gasteiger partial charge is 0.482 e. The molecule has 0 radical (unpaired) electrons. The lowest BCUT2D eigenvalue weighted by Crippen LogP contribution is -2.47. The van der Waals surface area contributed by atoms with Crippen molar-refractivity contribution in [3.63, 3.8) is 0 Å². The van der Waals surface area contributed by atoms with E-state index in [1.807, 2.05) is 0 Å². The van der Waals surface area contributed by atoms with E-state index in [2.05, 4.69) is 15.5 Å². The molecule has 30 heavy (non-hydrogen) atoms. The number of halogens is 1. The van der Waals surface area contributed by atoms with Gasteiger partial charge < -0.3 is 20.3 Å². The Morgan fingerprint density at radius 1 is 1.23 bits per heavy atom. The molecule has 1 aromatic rings. The number of anilines is 1. The maximum absolute atomic E-state index is 13.3. The van der Waals surface area contributed by atoms with E-state index in [1.54, 1.807) is 0 Å². The highest BCUT2D eigenvalue weighted by Crippen LogP contribution is 2.38. The summed E-state index contributed by atoms with van der Waals surface area (Å²) in [5.74, 6) is -0.379. The molecule has 164 valence electrons. The molecule has 9 nitrogen and oxygen atoms in total. The Hall–Kier alpha value is -1.88. The highest BCUT2D eigenvalue weighted by Gasteiger charge is 2.40. The lowest BCUT2D eigenvalue weighted by Gasteiger charge is -2.25.